The minimum atomic E-state index is -0.393. The van der Waals surface area contributed by atoms with Crippen LogP contribution >= 0.6 is 0 Å². The monoisotopic (exact) mass is 207 g/mol. The van der Waals surface area contributed by atoms with Crippen molar-refractivity contribution in [3.8, 4) is 0 Å². The van der Waals surface area contributed by atoms with Gasteiger partial charge in [-0.2, -0.15) is 0 Å². The Bertz CT molecular complexity index is 296. The molecule has 0 heterocycles. The van der Waals surface area contributed by atoms with Gasteiger partial charge in [0.15, 0.2) is 0 Å². The molecule has 1 rings (SSSR count). The van der Waals surface area contributed by atoms with E-state index in [2.05, 4.69) is 19.2 Å². The van der Waals surface area contributed by atoms with Crippen molar-refractivity contribution in [3.63, 3.8) is 0 Å². The summed E-state index contributed by atoms with van der Waals surface area (Å²) in [6.45, 7) is 7.19. The van der Waals surface area contributed by atoms with E-state index in [1.165, 1.54) is 6.42 Å². The predicted octanol–water partition coefficient (Wildman–Crippen LogP) is 3.20. The molecule has 0 saturated heterocycles. The number of hydrogen-bond acceptors (Lipinski definition) is 2. The third-order valence-electron chi connectivity index (χ3n) is 2.72. The fraction of sp³-hybridized carbons (Fsp3) is 0.538. The van der Waals surface area contributed by atoms with Crippen LogP contribution in [0.3, 0.4) is 0 Å². The summed E-state index contributed by atoms with van der Waals surface area (Å²) in [6.07, 6.45) is 0.790. The van der Waals surface area contributed by atoms with Gasteiger partial charge in [0.05, 0.1) is 6.10 Å². The van der Waals surface area contributed by atoms with E-state index >= 15 is 0 Å². The van der Waals surface area contributed by atoms with Crippen LogP contribution in [0.5, 0.6) is 0 Å². The number of aliphatic hydroxyl groups excluding tert-OH is 1. The fourth-order valence-corrected chi connectivity index (χ4v) is 1.34. The lowest BCUT2D eigenvalue weighted by atomic mass is 10.1. The highest BCUT2D eigenvalue weighted by Crippen LogP contribution is 2.17. The molecule has 2 N–H and O–H groups in total. The third-order valence-corrected chi connectivity index (χ3v) is 2.72. The normalized spacial score (nSPS) is 14.7. The molecule has 1 aromatic rings. The maximum Gasteiger partial charge on any atom is 0.0762 e. The zero-order chi connectivity index (χ0) is 11.3. The first kappa shape index (κ1) is 12.1. The SMILES string of the molecule is CCC(C)CNc1cccc([C@H](C)O)c1. The Morgan fingerprint density at radius 2 is 2.07 bits per heavy atom. The van der Waals surface area contributed by atoms with E-state index in [4.69, 9.17) is 0 Å². The molecule has 0 aromatic heterocycles. The molecule has 0 saturated carbocycles. The summed E-state index contributed by atoms with van der Waals surface area (Å²) in [5, 5.41) is 12.8. The third kappa shape index (κ3) is 3.92. The number of anilines is 1. The van der Waals surface area contributed by atoms with Crippen LogP contribution in [0.1, 0.15) is 38.9 Å². The molecule has 2 nitrogen and oxygen atoms in total. The predicted molar refractivity (Wildman–Crippen MR) is 65.0 cm³/mol. The van der Waals surface area contributed by atoms with Gasteiger partial charge in [0.25, 0.3) is 0 Å². The lowest BCUT2D eigenvalue weighted by Gasteiger charge is -2.13. The number of benzene rings is 1. The van der Waals surface area contributed by atoms with Crippen molar-refractivity contribution in [3.05, 3.63) is 29.8 Å². The molecule has 2 atom stereocenters. The Balaban J connectivity index is 2.58. The maximum absolute atomic E-state index is 9.44. The summed E-state index contributed by atoms with van der Waals surface area (Å²) >= 11 is 0. The zero-order valence-corrected chi connectivity index (χ0v) is 9.83. The smallest absolute Gasteiger partial charge is 0.0762 e. The molecule has 0 aliphatic heterocycles. The van der Waals surface area contributed by atoms with Crippen LogP contribution in [-0.2, 0) is 0 Å². The maximum atomic E-state index is 9.44. The topological polar surface area (TPSA) is 32.3 Å². The van der Waals surface area contributed by atoms with Crippen LogP contribution in [0.2, 0.25) is 0 Å². The summed E-state index contributed by atoms with van der Waals surface area (Å²) in [5.74, 6) is 0.681. The molecule has 0 amide bonds. The summed E-state index contributed by atoms with van der Waals surface area (Å²) < 4.78 is 0. The van der Waals surface area contributed by atoms with E-state index in [-0.39, 0.29) is 0 Å². The van der Waals surface area contributed by atoms with Gasteiger partial charge in [-0.25, -0.2) is 0 Å². The first-order valence-corrected chi connectivity index (χ1v) is 5.65. The molecule has 0 bridgehead atoms. The van der Waals surface area contributed by atoms with E-state index in [1.54, 1.807) is 6.92 Å². The Kier molecular flexibility index (Phi) is 4.63. The summed E-state index contributed by atoms with van der Waals surface area (Å²) in [6, 6.07) is 7.96. The molecular weight excluding hydrogens is 186 g/mol. The van der Waals surface area contributed by atoms with E-state index in [1.807, 2.05) is 24.3 Å². The molecule has 1 unspecified atom stereocenters. The minimum Gasteiger partial charge on any atom is -0.389 e. The van der Waals surface area contributed by atoms with Gasteiger partial charge in [-0.3, -0.25) is 0 Å². The fourth-order valence-electron chi connectivity index (χ4n) is 1.34. The van der Waals surface area contributed by atoms with Gasteiger partial charge in [-0.05, 0) is 30.5 Å². The van der Waals surface area contributed by atoms with Crippen molar-refractivity contribution in [2.45, 2.75) is 33.3 Å². The van der Waals surface area contributed by atoms with Gasteiger partial charge in [0, 0.05) is 12.2 Å². The van der Waals surface area contributed by atoms with Gasteiger partial charge in [-0.1, -0.05) is 32.4 Å². The molecule has 0 fully saturated rings. The molecule has 1 aromatic carbocycles. The van der Waals surface area contributed by atoms with Crippen molar-refractivity contribution in [2.75, 3.05) is 11.9 Å². The second kappa shape index (κ2) is 5.76. The first-order chi connectivity index (χ1) is 7.13. The quantitative estimate of drug-likeness (QED) is 0.777. The van der Waals surface area contributed by atoms with E-state index < -0.39 is 6.10 Å². The van der Waals surface area contributed by atoms with Crippen molar-refractivity contribution >= 4 is 5.69 Å². The lowest BCUT2D eigenvalue weighted by Crippen LogP contribution is -2.10. The van der Waals surface area contributed by atoms with Gasteiger partial charge >= 0.3 is 0 Å². The van der Waals surface area contributed by atoms with Crippen LogP contribution in [0.15, 0.2) is 24.3 Å². The zero-order valence-electron chi connectivity index (χ0n) is 9.83. The first-order valence-electron chi connectivity index (χ1n) is 5.65. The van der Waals surface area contributed by atoms with Crippen molar-refractivity contribution < 1.29 is 5.11 Å². The Morgan fingerprint density at radius 3 is 2.67 bits per heavy atom. The highest BCUT2D eigenvalue weighted by Gasteiger charge is 2.02. The Hall–Kier alpha value is -1.02. The number of nitrogens with one attached hydrogen (secondary N) is 1. The molecule has 2 heteroatoms. The second-order valence-corrected chi connectivity index (χ2v) is 4.20. The molecule has 15 heavy (non-hydrogen) atoms. The van der Waals surface area contributed by atoms with E-state index in [9.17, 15) is 5.11 Å². The highest BCUT2D eigenvalue weighted by molar-refractivity contribution is 5.46. The van der Waals surface area contributed by atoms with Crippen LogP contribution in [0.25, 0.3) is 0 Å². The van der Waals surface area contributed by atoms with Crippen molar-refractivity contribution in [1.82, 2.24) is 0 Å². The average molecular weight is 207 g/mol. The van der Waals surface area contributed by atoms with E-state index in [0.29, 0.717) is 5.92 Å². The minimum absolute atomic E-state index is 0.393. The summed E-state index contributed by atoms with van der Waals surface area (Å²) in [5.41, 5.74) is 2.05. The van der Waals surface area contributed by atoms with Gasteiger partial charge in [0.1, 0.15) is 0 Å². The molecule has 84 valence electrons. The van der Waals surface area contributed by atoms with E-state index in [0.717, 1.165) is 17.8 Å². The molecule has 0 aliphatic rings. The molecule has 0 radical (unpaired) electrons. The van der Waals surface area contributed by atoms with Crippen LogP contribution in [0.4, 0.5) is 5.69 Å². The van der Waals surface area contributed by atoms with Crippen LogP contribution < -0.4 is 5.32 Å². The number of rotatable bonds is 5. The number of hydrogen-bond donors (Lipinski definition) is 2. The Morgan fingerprint density at radius 1 is 1.33 bits per heavy atom. The standard InChI is InChI=1S/C13H21NO/c1-4-10(2)9-14-13-7-5-6-12(8-13)11(3)15/h5-8,10-11,14-15H,4,9H2,1-3H3/t10?,11-/m0/s1. The van der Waals surface area contributed by atoms with Gasteiger partial charge in [0.2, 0.25) is 0 Å². The Labute approximate surface area is 92.3 Å². The molecular formula is C13H21NO. The lowest BCUT2D eigenvalue weighted by molar-refractivity contribution is 0.199. The summed E-state index contributed by atoms with van der Waals surface area (Å²) in [7, 11) is 0. The average Bonchev–Trinajstić information content (AvgIpc) is 2.26. The second-order valence-electron chi connectivity index (χ2n) is 4.20. The van der Waals surface area contributed by atoms with Gasteiger partial charge < -0.3 is 10.4 Å². The molecule has 0 spiro atoms. The van der Waals surface area contributed by atoms with Crippen molar-refractivity contribution in [2.24, 2.45) is 5.92 Å². The largest absolute Gasteiger partial charge is 0.389 e. The van der Waals surface area contributed by atoms with Crippen molar-refractivity contribution in [1.29, 1.82) is 0 Å². The molecule has 0 aliphatic carbocycles. The number of aliphatic hydroxyl groups is 1. The van der Waals surface area contributed by atoms with Crippen LogP contribution in [0, 0.1) is 5.92 Å². The highest BCUT2D eigenvalue weighted by atomic mass is 16.3. The van der Waals surface area contributed by atoms with Gasteiger partial charge in [-0.15, -0.1) is 0 Å². The van der Waals surface area contributed by atoms with Crippen LogP contribution in [-0.4, -0.2) is 11.7 Å². The summed E-state index contributed by atoms with van der Waals surface area (Å²) in [4.78, 5) is 0.